The minimum atomic E-state index is -0.577. The summed E-state index contributed by atoms with van der Waals surface area (Å²) in [6.45, 7) is 6.03. The van der Waals surface area contributed by atoms with Crippen LogP contribution in [0.4, 0.5) is 9.93 Å². The van der Waals surface area contributed by atoms with Gasteiger partial charge in [0.25, 0.3) is 0 Å². The van der Waals surface area contributed by atoms with Gasteiger partial charge in [0.1, 0.15) is 11.7 Å². The fourth-order valence-electron chi connectivity index (χ4n) is 2.12. The lowest BCUT2D eigenvalue weighted by molar-refractivity contribution is 0.0357. The number of amides is 1. The molecule has 3 N–H and O–H groups in total. The highest BCUT2D eigenvalue weighted by Crippen LogP contribution is 2.29. The first-order chi connectivity index (χ1) is 12.3. The van der Waals surface area contributed by atoms with Crippen LogP contribution >= 0.6 is 22.9 Å². The molecule has 8 heteroatoms. The van der Waals surface area contributed by atoms with Crippen LogP contribution in [-0.4, -0.2) is 28.6 Å². The summed E-state index contributed by atoms with van der Waals surface area (Å²) in [6.07, 6.45) is -1.03. The summed E-state index contributed by atoms with van der Waals surface area (Å²) < 4.78 is 11.2. The van der Waals surface area contributed by atoms with Crippen LogP contribution in [0.3, 0.4) is 0 Å². The molecule has 0 fully saturated rings. The van der Waals surface area contributed by atoms with E-state index in [1.54, 1.807) is 26.2 Å². The van der Waals surface area contributed by atoms with Crippen LogP contribution in [-0.2, 0) is 16.1 Å². The van der Waals surface area contributed by atoms with Gasteiger partial charge in [-0.15, -0.1) is 22.9 Å². The molecular formula is C18H24ClN3O3S. The minimum absolute atomic E-state index is 0.243. The fourth-order valence-corrected chi connectivity index (χ4v) is 3.05. The summed E-state index contributed by atoms with van der Waals surface area (Å²) in [5, 5.41) is 4.40. The van der Waals surface area contributed by atoms with Gasteiger partial charge in [-0.25, -0.2) is 9.78 Å². The zero-order valence-electron chi connectivity index (χ0n) is 15.1. The second kappa shape index (κ2) is 9.32. The van der Waals surface area contributed by atoms with Gasteiger partial charge in [-0.05, 0) is 26.3 Å². The van der Waals surface area contributed by atoms with Gasteiger partial charge in [-0.1, -0.05) is 30.3 Å². The Morgan fingerprint density at radius 2 is 2.04 bits per heavy atom. The summed E-state index contributed by atoms with van der Waals surface area (Å²) >= 11 is 7.62. The van der Waals surface area contributed by atoms with Crippen molar-refractivity contribution in [1.29, 1.82) is 0 Å². The van der Waals surface area contributed by atoms with Crippen molar-refractivity contribution in [1.82, 2.24) is 4.98 Å². The van der Waals surface area contributed by atoms with Gasteiger partial charge in [0, 0.05) is 11.9 Å². The lowest BCUT2D eigenvalue weighted by Gasteiger charge is -2.20. The average Bonchev–Trinajstić information content (AvgIpc) is 3.02. The molecule has 1 aromatic carbocycles. The van der Waals surface area contributed by atoms with E-state index in [4.69, 9.17) is 26.8 Å². The Hall–Kier alpha value is -1.67. The molecule has 2 aromatic rings. The van der Waals surface area contributed by atoms with Crippen molar-refractivity contribution in [3.8, 4) is 0 Å². The highest BCUT2D eigenvalue weighted by molar-refractivity contribution is 7.13. The second-order valence-corrected chi connectivity index (χ2v) is 8.09. The Kier molecular flexibility index (Phi) is 7.40. The second-order valence-electron chi connectivity index (χ2n) is 6.67. The number of rotatable bonds is 7. The van der Waals surface area contributed by atoms with Crippen molar-refractivity contribution in [3.05, 3.63) is 47.0 Å². The van der Waals surface area contributed by atoms with Crippen LogP contribution in [0.25, 0.3) is 0 Å². The Balaban J connectivity index is 2.04. The first kappa shape index (κ1) is 20.6. The molecule has 0 aliphatic heterocycles. The maximum absolute atomic E-state index is 11.9. The third-order valence-electron chi connectivity index (χ3n) is 3.25. The number of carbonyl (C=O) groups excluding carboxylic acids is 1. The number of nitrogens with zero attached hydrogens (tertiary/aromatic N) is 1. The molecule has 0 radical (unpaired) electrons. The highest BCUT2D eigenvalue weighted by atomic mass is 35.5. The molecule has 2 rings (SSSR count). The van der Waals surface area contributed by atoms with Gasteiger partial charge < -0.3 is 15.2 Å². The first-order valence-corrected chi connectivity index (χ1v) is 9.55. The van der Waals surface area contributed by atoms with Crippen LogP contribution in [0.2, 0.25) is 0 Å². The largest absolute Gasteiger partial charge is 0.444 e. The minimum Gasteiger partial charge on any atom is -0.444 e. The van der Waals surface area contributed by atoms with E-state index in [1.807, 2.05) is 30.3 Å². The third-order valence-corrected chi connectivity index (χ3v) is 4.43. The third kappa shape index (κ3) is 6.57. The summed E-state index contributed by atoms with van der Waals surface area (Å²) in [5.41, 5.74) is 6.79. The summed E-state index contributed by atoms with van der Waals surface area (Å²) in [4.78, 5) is 16.3. The van der Waals surface area contributed by atoms with E-state index < -0.39 is 23.2 Å². The normalized spacial score (nSPS) is 13.9. The van der Waals surface area contributed by atoms with Crippen LogP contribution < -0.4 is 11.1 Å². The lowest BCUT2D eigenvalue weighted by Crippen LogP contribution is -2.27. The van der Waals surface area contributed by atoms with E-state index in [2.05, 4.69) is 10.3 Å². The molecule has 0 aliphatic rings. The van der Waals surface area contributed by atoms with Crippen LogP contribution in [0.5, 0.6) is 0 Å². The van der Waals surface area contributed by atoms with Crippen molar-refractivity contribution in [2.45, 2.75) is 44.5 Å². The zero-order chi connectivity index (χ0) is 19.2. The number of alkyl halides is 1. The van der Waals surface area contributed by atoms with Gasteiger partial charge in [-0.2, -0.15) is 0 Å². The molecule has 1 amide bonds. The molecule has 0 spiro atoms. The predicted molar refractivity (Wildman–Crippen MR) is 105 cm³/mol. The number of halogens is 1. The van der Waals surface area contributed by atoms with Gasteiger partial charge >= 0.3 is 6.09 Å². The number of benzene rings is 1. The van der Waals surface area contributed by atoms with Crippen LogP contribution in [0.1, 0.15) is 38.1 Å². The van der Waals surface area contributed by atoms with Gasteiger partial charge in [0.15, 0.2) is 5.13 Å². The van der Waals surface area contributed by atoms with Crippen LogP contribution in [0.15, 0.2) is 35.7 Å². The number of nitrogens with one attached hydrogen (secondary N) is 1. The van der Waals surface area contributed by atoms with Crippen molar-refractivity contribution < 1.29 is 14.3 Å². The smallest absolute Gasteiger partial charge is 0.413 e. The molecule has 142 valence electrons. The maximum atomic E-state index is 11.9. The van der Waals surface area contributed by atoms with E-state index >= 15 is 0 Å². The lowest BCUT2D eigenvalue weighted by atomic mass is 10.2. The topological polar surface area (TPSA) is 86.5 Å². The van der Waals surface area contributed by atoms with Crippen molar-refractivity contribution in [2.24, 2.45) is 5.73 Å². The van der Waals surface area contributed by atoms with E-state index in [0.717, 1.165) is 5.56 Å². The Bertz CT molecular complexity index is 703. The zero-order valence-corrected chi connectivity index (χ0v) is 16.6. The number of hydrogen-bond donors (Lipinski definition) is 2. The number of aromatic nitrogens is 1. The molecular weight excluding hydrogens is 374 g/mol. The van der Waals surface area contributed by atoms with Gasteiger partial charge in [-0.3, -0.25) is 5.32 Å². The molecule has 0 bridgehead atoms. The Labute approximate surface area is 162 Å². The number of carbonyl (C=O) groups is 1. The molecule has 6 nitrogen and oxygen atoms in total. The summed E-state index contributed by atoms with van der Waals surface area (Å²) in [5.74, 6) is 0. The van der Waals surface area contributed by atoms with E-state index in [1.165, 1.54) is 11.3 Å². The molecule has 1 aromatic heterocycles. The number of ether oxygens (including phenoxy) is 2. The SMILES string of the molecule is CC(C)(C)OC(=O)Nc1nc([C@H](OCc2ccccc2)[C@@H](Cl)CN)cs1. The molecule has 1 heterocycles. The van der Waals surface area contributed by atoms with E-state index in [-0.39, 0.29) is 6.54 Å². The van der Waals surface area contributed by atoms with E-state index in [0.29, 0.717) is 17.4 Å². The average molecular weight is 398 g/mol. The number of hydrogen-bond acceptors (Lipinski definition) is 6. The van der Waals surface area contributed by atoms with Crippen LogP contribution in [0, 0.1) is 0 Å². The summed E-state index contributed by atoms with van der Waals surface area (Å²) in [6, 6.07) is 9.78. The number of anilines is 1. The standard InChI is InChI=1S/C18H24ClN3O3S/c1-18(2,3)25-17(23)22-16-21-14(11-26-16)15(13(19)9-20)24-10-12-7-5-4-6-8-12/h4-8,11,13,15H,9-10,20H2,1-3H3,(H,21,22,23)/t13-,15+/m0/s1. The Morgan fingerprint density at radius 3 is 2.65 bits per heavy atom. The summed E-state index contributed by atoms with van der Waals surface area (Å²) in [7, 11) is 0. The molecule has 0 aliphatic carbocycles. The highest BCUT2D eigenvalue weighted by Gasteiger charge is 2.25. The Morgan fingerprint density at radius 1 is 1.35 bits per heavy atom. The molecule has 26 heavy (non-hydrogen) atoms. The van der Waals surface area contributed by atoms with E-state index in [9.17, 15) is 4.79 Å². The number of nitrogens with two attached hydrogens (primary N) is 1. The van der Waals surface area contributed by atoms with Gasteiger partial charge in [0.05, 0.1) is 17.7 Å². The molecule has 0 saturated heterocycles. The fraction of sp³-hybridized carbons (Fsp3) is 0.444. The first-order valence-electron chi connectivity index (χ1n) is 8.23. The quantitative estimate of drug-likeness (QED) is 0.679. The molecule has 0 unspecified atom stereocenters. The van der Waals surface area contributed by atoms with Gasteiger partial charge in [0.2, 0.25) is 0 Å². The molecule has 0 saturated carbocycles. The van der Waals surface area contributed by atoms with Crippen molar-refractivity contribution in [2.75, 3.05) is 11.9 Å². The molecule has 2 atom stereocenters. The predicted octanol–water partition coefficient (Wildman–Crippen LogP) is 4.31. The maximum Gasteiger partial charge on any atom is 0.413 e. The monoisotopic (exact) mass is 397 g/mol. The van der Waals surface area contributed by atoms with Crippen molar-refractivity contribution >= 4 is 34.2 Å². The number of thiazole rings is 1. The van der Waals surface area contributed by atoms with Crippen molar-refractivity contribution in [3.63, 3.8) is 0 Å².